The van der Waals surface area contributed by atoms with Gasteiger partial charge in [-0.25, -0.2) is 0 Å². The molecule has 2 aromatic rings. The second-order valence-corrected chi connectivity index (χ2v) is 7.78. The number of aromatic nitrogens is 1. The minimum absolute atomic E-state index is 0.0700. The van der Waals surface area contributed by atoms with E-state index in [1.165, 1.54) is 0 Å². The number of carbonyl (C=O) groups is 1. The maximum absolute atomic E-state index is 12.6. The Kier molecular flexibility index (Phi) is 7.04. The van der Waals surface area contributed by atoms with Crippen LogP contribution in [-0.4, -0.2) is 60.0 Å². The van der Waals surface area contributed by atoms with Crippen LogP contribution in [-0.2, 0) is 11.2 Å². The monoisotopic (exact) mass is 381 g/mol. The van der Waals surface area contributed by atoms with E-state index >= 15 is 0 Å². The Morgan fingerprint density at radius 1 is 1.14 bits per heavy atom. The summed E-state index contributed by atoms with van der Waals surface area (Å²) in [5.41, 5.74) is 3.42. The van der Waals surface area contributed by atoms with Crippen molar-refractivity contribution in [1.29, 1.82) is 0 Å². The molecule has 0 bridgehead atoms. The minimum Gasteiger partial charge on any atom is -0.483 e. The summed E-state index contributed by atoms with van der Waals surface area (Å²) in [6.45, 7) is 10.7. The van der Waals surface area contributed by atoms with Crippen molar-refractivity contribution in [2.45, 2.75) is 33.1 Å². The third-order valence-corrected chi connectivity index (χ3v) is 5.28. The Bertz CT molecular complexity index is 769. The lowest BCUT2D eigenvalue weighted by molar-refractivity contribution is -0.135. The largest absolute Gasteiger partial charge is 0.483 e. The van der Waals surface area contributed by atoms with E-state index < -0.39 is 0 Å². The molecule has 1 saturated heterocycles. The number of aryl methyl sites for hydroxylation is 1. The summed E-state index contributed by atoms with van der Waals surface area (Å²) in [7, 11) is 0. The highest BCUT2D eigenvalue weighted by Crippen LogP contribution is 2.27. The second kappa shape index (κ2) is 9.69. The number of carbonyl (C=O) groups excluding carboxylic acids is 1. The molecule has 1 aromatic heterocycles. The van der Waals surface area contributed by atoms with E-state index in [1.54, 1.807) is 0 Å². The Morgan fingerprint density at radius 3 is 2.61 bits per heavy atom. The maximum Gasteiger partial charge on any atom is 0.260 e. The van der Waals surface area contributed by atoms with Crippen LogP contribution in [0.2, 0.25) is 0 Å². The fraction of sp³-hybridized carbons (Fsp3) is 0.478. The number of benzene rings is 1. The predicted octanol–water partition coefficient (Wildman–Crippen LogP) is 3.28. The lowest BCUT2D eigenvalue weighted by Gasteiger charge is -2.34. The van der Waals surface area contributed by atoms with Crippen molar-refractivity contribution >= 4 is 5.91 Å². The number of piperazine rings is 1. The van der Waals surface area contributed by atoms with Gasteiger partial charge in [-0.15, -0.1) is 0 Å². The summed E-state index contributed by atoms with van der Waals surface area (Å²) in [5, 5.41) is 0. The summed E-state index contributed by atoms with van der Waals surface area (Å²) < 4.78 is 5.91. The zero-order chi connectivity index (χ0) is 19.9. The molecule has 3 rings (SSSR count). The zero-order valence-electron chi connectivity index (χ0n) is 17.2. The first kappa shape index (κ1) is 20.3. The van der Waals surface area contributed by atoms with Crippen molar-refractivity contribution < 1.29 is 9.53 Å². The number of nitrogens with zero attached hydrogens (tertiary/aromatic N) is 3. The summed E-state index contributed by atoms with van der Waals surface area (Å²) in [4.78, 5) is 21.3. The highest BCUT2D eigenvalue weighted by molar-refractivity contribution is 5.78. The number of rotatable bonds is 7. The van der Waals surface area contributed by atoms with Crippen molar-refractivity contribution in [3.8, 4) is 5.75 Å². The molecular weight excluding hydrogens is 350 g/mol. The number of hydrogen-bond donors (Lipinski definition) is 0. The van der Waals surface area contributed by atoms with E-state index in [0.717, 1.165) is 61.7 Å². The van der Waals surface area contributed by atoms with Crippen LogP contribution in [0.25, 0.3) is 0 Å². The molecule has 150 valence electrons. The standard InChI is InChI=1S/C23H31N3O2/c1-18(2)21-8-7-19(3)16-22(21)28-17-23(27)26-14-12-25(13-15-26)11-9-20-6-4-5-10-24-20/h4-8,10,16,18H,9,11-15,17H2,1-3H3. The van der Waals surface area contributed by atoms with E-state index in [0.29, 0.717) is 5.92 Å². The molecule has 0 spiro atoms. The minimum atomic E-state index is 0.0700. The second-order valence-electron chi connectivity index (χ2n) is 7.78. The molecule has 0 radical (unpaired) electrons. The van der Waals surface area contributed by atoms with Gasteiger partial charge in [0.15, 0.2) is 6.61 Å². The summed E-state index contributed by atoms with van der Waals surface area (Å²) in [6, 6.07) is 12.2. The third kappa shape index (κ3) is 5.55. The molecule has 1 aromatic carbocycles. The van der Waals surface area contributed by atoms with Crippen molar-refractivity contribution in [2.24, 2.45) is 0 Å². The molecule has 0 unspecified atom stereocenters. The first-order chi connectivity index (χ1) is 13.5. The van der Waals surface area contributed by atoms with Gasteiger partial charge in [0.1, 0.15) is 5.75 Å². The molecule has 2 heterocycles. The lowest BCUT2D eigenvalue weighted by atomic mass is 10.0. The molecule has 1 aliphatic rings. The normalized spacial score (nSPS) is 15.1. The number of hydrogen-bond acceptors (Lipinski definition) is 4. The van der Waals surface area contributed by atoms with Gasteiger partial charge in [-0.2, -0.15) is 0 Å². The average molecular weight is 382 g/mol. The van der Waals surface area contributed by atoms with E-state index in [4.69, 9.17) is 4.74 Å². The van der Waals surface area contributed by atoms with Gasteiger partial charge in [0.2, 0.25) is 0 Å². The topological polar surface area (TPSA) is 45.7 Å². The predicted molar refractivity (Wildman–Crippen MR) is 112 cm³/mol. The molecule has 28 heavy (non-hydrogen) atoms. The van der Waals surface area contributed by atoms with E-state index in [-0.39, 0.29) is 12.5 Å². The summed E-state index contributed by atoms with van der Waals surface area (Å²) >= 11 is 0. The number of ether oxygens (including phenoxy) is 1. The van der Waals surface area contributed by atoms with Crippen LogP contribution >= 0.6 is 0 Å². The Morgan fingerprint density at radius 2 is 1.93 bits per heavy atom. The van der Waals surface area contributed by atoms with Gasteiger partial charge in [-0.05, 0) is 42.2 Å². The van der Waals surface area contributed by atoms with Crippen molar-refractivity contribution in [2.75, 3.05) is 39.3 Å². The van der Waals surface area contributed by atoms with Gasteiger partial charge < -0.3 is 9.64 Å². The first-order valence-electron chi connectivity index (χ1n) is 10.2. The molecule has 0 N–H and O–H groups in total. The summed E-state index contributed by atoms with van der Waals surface area (Å²) in [6.07, 6.45) is 2.79. The highest BCUT2D eigenvalue weighted by Gasteiger charge is 2.21. The van der Waals surface area contributed by atoms with Crippen LogP contribution in [0.4, 0.5) is 0 Å². The summed E-state index contributed by atoms with van der Waals surface area (Å²) in [5.74, 6) is 1.27. The smallest absolute Gasteiger partial charge is 0.260 e. The van der Waals surface area contributed by atoms with Gasteiger partial charge in [-0.1, -0.05) is 32.0 Å². The molecule has 5 heteroatoms. The molecular formula is C23H31N3O2. The van der Waals surface area contributed by atoms with Gasteiger partial charge in [0, 0.05) is 51.0 Å². The highest BCUT2D eigenvalue weighted by atomic mass is 16.5. The molecule has 0 aliphatic carbocycles. The van der Waals surface area contributed by atoms with Crippen molar-refractivity contribution in [3.05, 3.63) is 59.4 Å². The Hall–Kier alpha value is -2.40. The van der Waals surface area contributed by atoms with Crippen LogP contribution in [0.3, 0.4) is 0 Å². The van der Waals surface area contributed by atoms with Crippen LogP contribution < -0.4 is 4.74 Å². The van der Waals surface area contributed by atoms with Crippen LogP contribution in [0.1, 0.15) is 36.6 Å². The van der Waals surface area contributed by atoms with Crippen molar-refractivity contribution in [3.63, 3.8) is 0 Å². The average Bonchev–Trinajstić information content (AvgIpc) is 2.71. The van der Waals surface area contributed by atoms with Gasteiger partial charge in [-0.3, -0.25) is 14.7 Å². The van der Waals surface area contributed by atoms with Crippen LogP contribution in [0.5, 0.6) is 5.75 Å². The van der Waals surface area contributed by atoms with Crippen LogP contribution in [0.15, 0.2) is 42.6 Å². The molecule has 0 saturated carbocycles. The molecule has 1 aliphatic heterocycles. The van der Waals surface area contributed by atoms with E-state index in [2.05, 4.69) is 41.9 Å². The third-order valence-electron chi connectivity index (χ3n) is 5.28. The number of pyridine rings is 1. The SMILES string of the molecule is Cc1ccc(C(C)C)c(OCC(=O)N2CCN(CCc3ccccn3)CC2)c1. The number of amides is 1. The fourth-order valence-electron chi connectivity index (χ4n) is 3.51. The molecule has 1 fully saturated rings. The zero-order valence-corrected chi connectivity index (χ0v) is 17.2. The first-order valence-corrected chi connectivity index (χ1v) is 10.2. The van der Waals surface area contributed by atoms with Gasteiger partial charge in [0.25, 0.3) is 5.91 Å². The van der Waals surface area contributed by atoms with Crippen LogP contribution in [0, 0.1) is 6.92 Å². The Labute approximate surface area is 168 Å². The quantitative estimate of drug-likeness (QED) is 0.738. The molecule has 0 atom stereocenters. The Balaban J connectivity index is 1.45. The van der Waals surface area contributed by atoms with E-state index in [1.807, 2.05) is 36.2 Å². The van der Waals surface area contributed by atoms with Gasteiger partial charge >= 0.3 is 0 Å². The maximum atomic E-state index is 12.6. The fourth-order valence-corrected chi connectivity index (χ4v) is 3.51. The molecule has 1 amide bonds. The van der Waals surface area contributed by atoms with E-state index in [9.17, 15) is 4.79 Å². The van der Waals surface area contributed by atoms with Gasteiger partial charge in [0.05, 0.1) is 0 Å². The lowest BCUT2D eigenvalue weighted by Crippen LogP contribution is -2.50. The molecule has 5 nitrogen and oxygen atoms in total. The van der Waals surface area contributed by atoms with Crippen molar-refractivity contribution in [1.82, 2.24) is 14.8 Å².